The Hall–Kier alpha value is -2.48. The first kappa shape index (κ1) is 32.5. The van der Waals surface area contributed by atoms with Crippen molar-refractivity contribution in [3.05, 3.63) is 35.9 Å². The van der Waals surface area contributed by atoms with Crippen molar-refractivity contribution in [2.24, 2.45) is 10.8 Å². The van der Waals surface area contributed by atoms with Crippen LogP contribution in [0, 0.1) is 22.2 Å². The predicted octanol–water partition coefficient (Wildman–Crippen LogP) is 4.18. The number of thioether (sulfide) groups is 1. The van der Waals surface area contributed by atoms with Crippen LogP contribution in [-0.2, 0) is 23.9 Å². The molecule has 0 saturated carbocycles. The maximum Gasteiger partial charge on any atom is 0.322 e. The van der Waals surface area contributed by atoms with Crippen LogP contribution in [0.15, 0.2) is 30.3 Å². The van der Waals surface area contributed by atoms with Gasteiger partial charge in [-0.2, -0.15) is 5.26 Å². The third kappa shape index (κ3) is 10.8. The van der Waals surface area contributed by atoms with Gasteiger partial charge in [-0.25, -0.2) is 0 Å². The van der Waals surface area contributed by atoms with Crippen molar-refractivity contribution in [1.82, 2.24) is 5.32 Å². The summed E-state index contributed by atoms with van der Waals surface area (Å²) in [4.78, 5) is 38.3. The molecule has 204 valence electrons. The molecule has 37 heavy (non-hydrogen) atoms. The van der Waals surface area contributed by atoms with Gasteiger partial charge in [-0.3, -0.25) is 14.4 Å². The molecule has 0 aromatic heterocycles. The second-order valence-corrected chi connectivity index (χ2v) is 12.3. The predicted molar refractivity (Wildman–Crippen MR) is 148 cm³/mol. The first-order valence-corrected chi connectivity index (χ1v) is 13.4. The zero-order valence-corrected chi connectivity index (χ0v) is 24.1. The highest BCUT2D eigenvalue weighted by Crippen LogP contribution is 2.45. The molecule has 0 saturated heterocycles. The summed E-state index contributed by atoms with van der Waals surface area (Å²) in [5.74, 6) is -1.41. The average molecular weight is 551 g/mol. The van der Waals surface area contributed by atoms with E-state index in [2.05, 4.69) is 11.4 Å². The number of carbonyl (C=O) groups is 3. The maximum absolute atomic E-state index is 13.5. The first-order valence-electron chi connectivity index (χ1n) is 12.2. The van der Waals surface area contributed by atoms with E-state index in [4.69, 9.17) is 21.7 Å². The van der Waals surface area contributed by atoms with Gasteiger partial charge in [0.15, 0.2) is 0 Å². The summed E-state index contributed by atoms with van der Waals surface area (Å²) in [7, 11) is 0. The normalized spacial score (nSPS) is 15.3. The van der Waals surface area contributed by atoms with Gasteiger partial charge in [-0.05, 0) is 46.1 Å². The molecule has 1 rings (SSSR count). The summed E-state index contributed by atoms with van der Waals surface area (Å²) in [6.07, 6.45) is -0.402. The molecule has 0 bridgehead atoms. The minimum atomic E-state index is -1.32. The number of aliphatic hydroxyl groups is 1. The lowest BCUT2D eigenvalue weighted by atomic mass is 9.69. The second kappa shape index (κ2) is 14.5. The molecule has 0 aliphatic rings. The number of carbonyl (C=O) groups excluding carboxylic acids is 3. The highest BCUT2D eigenvalue weighted by Gasteiger charge is 2.49. The Bertz CT molecular complexity index is 992. The van der Waals surface area contributed by atoms with Gasteiger partial charge in [-0.1, -0.05) is 68.2 Å². The Morgan fingerprint density at radius 3 is 2.24 bits per heavy atom. The fourth-order valence-electron chi connectivity index (χ4n) is 3.97. The van der Waals surface area contributed by atoms with Crippen molar-refractivity contribution < 1.29 is 29.0 Å². The van der Waals surface area contributed by atoms with Gasteiger partial charge in [0.1, 0.15) is 18.0 Å². The van der Waals surface area contributed by atoms with Gasteiger partial charge in [0, 0.05) is 18.4 Å². The van der Waals surface area contributed by atoms with Gasteiger partial charge in [-0.15, -0.1) is 0 Å². The minimum Gasteiger partial charge on any atom is -0.462 e. The monoisotopic (exact) mass is 550 g/mol. The summed E-state index contributed by atoms with van der Waals surface area (Å²) < 4.78 is 9.62. The van der Waals surface area contributed by atoms with Crippen molar-refractivity contribution in [2.45, 2.75) is 71.7 Å². The van der Waals surface area contributed by atoms with Gasteiger partial charge in [0.25, 0.3) is 0 Å². The molecule has 0 aliphatic heterocycles. The van der Waals surface area contributed by atoms with Gasteiger partial charge < -0.3 is 19.9 Å². The summed E-state index contributed by atoms with van der Waals surface area (Å²) in [5.41, 5.74) is -1.31. The van der Waals surface area contributed by atoms with Gasteiger partial charge in [0.2, 0.25) is 5.91 Å². The van der Waals surface area contributed by atoms with Crippen molar-refractivity contribution in [2.75, 3.05) is 19.8 Å². The van der Waals surface area contributed by atoms with E-state index < -0.39 is 33.6 Å². The van der Waals surface area contributed by atoms with Crippen LogP contribution in [0.1, 0.15) is 66.4 Å². The standard InChI is InChI=1S/C27H38N2O6S2/c1-7-21(31)34-13-14-35-24(33)27(6,37-22(36)20-11-9-8-10-12-20)17-26(5,16-25(3,4)18-28)23(32)29-15-19(2)30/h8-12,19,30H,7,13-17H2,1-6H3,(H,29,32). The number of ether oxygens (including phenoxy) is 2. The van der Waals surface area contributed by atoms with Crippen LogP contribution >= 0.6 is 24.0 Å². The highest BCUT2D eigenvalue weighted by atomic mass is 32.2. The number of hydrogen-bond donors (Lipinski definition) is 2. The molecule has 0 heterocycles. The minimum absolute atomic E-state index is 0.00196. The number of nitrogens with zero attached hydrogens (tertiary/aromatic N) is 1. The van der Waals surface area contributed by atoms with E-state index in [0.29, 0.717) is 4.20 Å². The van der Waals surface area contributed by atoms with Crippen LogP contribution in [0.4, 0.5) is 0 Å². The fraction of sp³-hybridized carbons (Fsp3) is 0.593. The third-order valence-corrected chi connectivity index (χ3v) is 7.26. The fourth-order valence-corrected chi connectivity index (χ4v) is 5.85. The SMILES string of the molecule is CCC(=O)OCCOC(=O)C(C)(CC(C)(CC(C)(C)C#N)C(=O)NCC(C)O)SC(=S)c1ccccc1. The quantitative estimate of drug-likeness (QED) is 0.199. The number of rotatable bonds is 14. The van der Waals surface area contributed by atoms with E-state index in [1.165, 1.54) is 0 Å². The lowest BCUT2D eigenvalue weighted by Gasteiger charge is -2.39. The Balaban J connectivity index is 3.33. The first-order chi connectivity index (χ1) is 17.2. The largest absolute Gasteiger partial charge is 0.462 e. The van der Waals surface area contributed by atoms with Crippen molar-refractivity contribution in [3.8, 4) is 6.07 Å². The zero-order chi connectivity index (χ0) is 28.3. The molecule has 8 nitrogen and oxygen atoms in total. The number of hydrogen-bond acceptors (Lipinski definition) is 9. The molecule has 0 spiro atoms. The number of nitrogens with one attached hydrogen (secondary N) is 1. The number of thiocarbonyl (C=S) groups is 1. The Labute approximate surface area is 229 Å². The number of nitriles is 1. The molecule has 3 atom stereocenters. The number of amides is 1. The zero-order valence-electron chi connectivity index (χ0n) is 22.5. The average Bonchev–Trinajstić information content (AvgIpc) is 2.84. The topological polar surface area (TPSA) is 126 Å². The number of aliphatic hydroxyl groups excluding tert-OH is 1. The molecule has 0 aliphatic carbocycles. The molecule has 1 aromatic rings. The van der Waals surface area contributed by atoms with Crippen LogP contribution in [0.3, 0.4) is 0 Å². The van der Waals surface area contributed by atoms with Gasteiger partial charge >= 0.3 is 11.9 Å². The molecule has 0 fully saturated rings. The van der Waals surface area contributed by atoms with E-state index in [-0.39, 0.29) is 44.9 Å². The van der Waals surface area contributed by atoms with Crippen LogP contribution in [0.2, 0.25) is 0 Å². The number of benzene rings is 1. The lowest BCUT2D eigenvalue weighted by Crippen LogP contribution is -2.49. The van der Waals surface area contributed by atoms with Crippen molar-refractivity contribution >= 4 is 46.0 Å². The van der Waals surface area contributed by atoms with Gasteiger partial charge in [0.05, 0.1) is 21.8 Å². The molecule has 1 aromatic carbocycles. The molecular formula is C27H38N2O6S2. The van der Waals surface area contributed by atoms with Crippen LogP contribution in [0.5, 0.6) is 0 Å². The maximum atomic E-state index is 13.5. The lowest BCUT2D eigenvalue weighted by molar-refractivity contribution is -0.154. The highest BCUT2D eigenvalue weighted by molar-refractivity contribution is 8.25. The van der Waals surface area contributed by atoms with Crippen LogP contribution < -0.4 is 5.32 Å². The van der Waals surface area contributed by atoms with E-state index >= 15 is 0 Å². The summed E-state index contributed by atoms with van der Waals surface area (Å²) in [5, 5.41) is 22.1. The molecule has 2 N–H and O–H groups in total. The molecule has 3 unspecified atom stereocenters. The Morgan fingerprint density at radius 1 is 1.11 bits per heavy atom. The second-order valence-electron chi connectivity index (χ2n) is 10.2. The van der Waals surface area contributed by atoms with E-state index in [0.717, 1.165) is 17.3 Å². The van der Waals surface area contributed by atoms with Crippen LogP contribution in [-0.4, -0.2) is 57.8 Å². The molecular weight excluding hydrogens is 512 g/mol. The summed E-state index contributed by atoms with van der Waals surface area (Å²) in [6, 6.07) is 11.4. The molecule has 1 amide bonds. The van der Waals surface area contributed by atoms with E-state index in [1.54, 1.807) is 41.5 Å². The Kier molecular flexibility index (Phi) is 12.7. The van der Waals surface area contributed by atoms with Crippen molar-refractivity contribution in [1.29, 1.82) is 5.26 Å². The van der Waals surface area contributed by atoms with E-state index in [9.17, 15) is 24.8 Å². The molecule has 10 heteroatoms. The Morgan fingerprint density at radius 2 is 1.70 bits per heavy atom. The molecule has 0 radical (unpaired) electrons. The summed E-state index contributed by atoms with van der Waals surface area (Å²) in [6.45, 7) is 9.83. The van der Waals surface area contributed by atoms with Crippen LogP contribution in [0.25, 0.3) is 0 Å². The smallest absolute Gasteiger partial charge is 0.322 e. The third-order valence-electron chi connectivity index (χ3n) is 5.60. The van der Waals surface area contributed by atoms with E-state index in [1.807, 2.05) is 30.3 Å². The number of esters is 2. The van der Waals surface area contributed by atoms with Crippen molar-refractivity contribution in [3.63, 3.8) is 0 Å². The summed E-state index contributed by atoms with van der Waals surface area (Å²) >= 11 is 6.76.